The molecule has 0 aromatic heterocycles. The highest BCUT2D eigenvalue weighted by atomic mass is 16.2. The molecule has 1 heterocycles. The van der Waals surface area contributed by atoms with Crippen LogP contribution >= 0.6 is 0 Å². The van der Waals surface area contributed by atoms with Gasteiger partial charge in [0.1, 0.15) is 5.41 Å². The number of rotatable bonds is 3. The fourth-order valence-electron chi connectivity index (χ4n) is 1.84. The van der Waals surface area contributed by atoms with Crippen LogP contribution in [0, 0.1) is 5.41 Å². The van der Waals surface area contributed by atoms with Crippen LogP contribution in [0.5, 0.6) is 0 Å². The monoisotopic (exact) mass is 239 g/mol. The number of imide groups is 2. The fraction of sp³-hybridized carbons (Fsp3) is 0.600. The van der Waals surface area contributed by atoms with Crippen LogP contribution in [0.1, 0.15) is 19.8 Å². The van der Waals surface area contributed by atoms with E-state index in [2.05, 4.69) is 10.6 Å². The minimum Gasteiger partial charge on any atom is -0.355 e. The quantitative estimate of drug-likeness (QED) is 0.616. The van der Waals surface area contributed by atoms with Gasteiger partial charge in [-0.05, 0) is 12.8 Å². The first kappa shape index (κ1) is 11.6. The third-order valence-corrected chi connectivity index (χ3v) is 3.01. The molecule has 1 saturated carbocycles. The van der Waals surface area contributed by atoms with E-state index in [4.69, 9.17) is 0 Å². The van der Waals surface area contributed by atoms with Crippen molar-refractivity contribution in [2.24, 2.45) is 5.41 Å². The number of barbiturate groups is 1. The minimum absolute atomic E-state index is 0.0826. The van der Waals surface area contributed by atoms with Crippen LogP contribution in [0.25, 0.3) is 0 Å². The average molecular weight is 239 g/mol. The number of hydrogen-bond donors (Lipinski definition) is 2. The molecule has 2 N–H and O–H groups in total. The largest absolute Gasteiger partial charge is 0.355 e. The highest BCUT2D eigenvalue weighted by molar-refractivity contribution is 6.20. The van der Waals surface area contributed by atoms with Gasteiger partial charge in [-0.15, -0.1) is 0 Å². The molecule has 5 amide bonds. The van der Waals surface area contributed by atoms with E-state index in [1.54, 1.807) is 0 Å². The van der Waals surface area contributed by atoms with E-state index in [0.29, 0.717) is 12.8 Å². The summed E-state index contributed by atoms with van der Waals surface area (Å²) in [6.45, 7) is 1.63. The summed E-state index contributed by atoms with van der Waals surface area (Å²) in [5.41, 5.74) is -1.01. The van der Waals surface area contributed by atoms with E-state index in [1.807, 2.05) is 0 Å². The lowest BCUT2D eigenvalue weighted by atomic mass is 10.0. The summed E-state index contributed by atoms with van der Waals surface area (Å²) in [7, 11) is 0. The molecule has 0 unspecified atom stereocenters. The minimum atomic E-state index is -1.01. The first-order valence-corrected chi connectivity index (χ1v) is 5.39. The Bertz CT molecular complexity index is 414. The Kier molecular flexibility index (Phi) is 2.60. The van der Waals surface area contributed by atoms with Gasteiger partial charge in [0, 0.05) is 20.0 Å². The normalized spacial score (nSPS) is 21.5. The standard InChI is InChI=1S/C10H13N3O4/c1-6(14)11-4-5-13-8(16)10(2-3-10)7(15)12-9(13)17/h2-5H2,1H3,(H,11,14)(H,12,15,17). The number of carbonyl (C=O) groups excluding carboxylic acids is 4. The molecule has 92 valence electrons. The van der Waals surface area contributed by atoms with Crippen LogP contribution in [-0.4, -0.2) is 41.7 Å². The Balaban J connectivity index is 2.01. The van der Waals surface area contributed by atoms with Crippen molar-refractivity contribution in [3.63, 3.8) is 0 Å². The maximum atomic E-state index is 11.9. The van der Waals surface area contributed by atoms with Crippen molar-refractivity contribution in [3.8, 4) is 0 Å². The van der Waals surface area contributed by atoms with Gasteiger partial charge in [-0.3, -0.25) is 24.6 Å². The molecule has 7 nitrogen and oxygen atoms in total. The second kappa shape index (κ2) is 3.83. The number of nitrogens with one attached hydrogen (secondary N) is 2. The van der Waals surface area contributed by atoms with Crippen molar-refractivity contribution in [1.82, 2.24) is 15.5 Å². The fourth-order valence-corrected chi connectivity index (χ4v) is 1.84. The third kappa shape index (κ3) is 1.88. The topological polar surface area (TPSA) is 95.6 Å². The van der Waals surface area contributed by atoms with Crippen molar-refractivity contribution < 1.29 is 19.2 Å². The Labute approximate surface area is 97.5 Å². The van der Waals surface area contributed by atoms with E-state index in [1.165, 1.54) is 6.92 Å². The van der Waals surface area contributed by atoms with Crippen molar-refractivity contribution in [2.75, 3.05) is 13.1 Å². The molecule has 2 fully saturated rings. The number of nitrogens with zero attached hydrogens (tertiary/aromatic N) is 1. The number of carbonyl (C=O) groups is 4. The molecule has 17 heavy (non-hydrogen) atoms. The lowest BCUT2D eigenvalue weighted by Gasteiger charge is -2.30. The van der Waals surface area contributed by atoms with E-state index in [0.717, 1.165) is 4.90 Å². The van der Waals surface area contributed by atoms with Crippen LogP contribution in [0.4, 0.5) is 4.79 Å². The van der Waals surface area contributed by atoms with Gasteiger partial charge < -0.3 is 5.32 Å². The summed E-state index contributed by atoms with van der Waals surface area (Å²) >= 11 is 0. The van der Waals surface area contributed by atoms with Crippen molar-refractivity contribution in [3.05, 3.63) is 0 Å². The zero-order valence-corrected chi connectivity index (χ0v) is 9.41. The van der Waals surface area contributed by atoms with Gasteiger partial charge in [0.25, 0.3) is 0 Å². The van der Waals surface area contributed by atoms with E-state index in [-0.39, 0.29) is 19.0 Å². The molecule has 7 heteroatoms. The van der Waals surface area contributed by atoms with E-state index < -0.39 is 23.3 Å². The van der Waals surface area contributed by atoms with Crippen molar-refractivity contribution in [2.45, 2.75) is 19.8 Å². The van der Waals surface area contributed by atoms with Gasteiger partial charge in [-0.1, -0.05) is 0 Å². The maximum Gasteiger partial charge on any atom is 0.330 e. The number of hydrogen-bond acceptors (Lipinski definition) is 4. The molecule has 0 aromatic carbocycles. The van der Waals surface area contributed by atoms with Crippen LogP contribution in [0.2, 0.25) is 0 Å². The van der Waals surface area contributed by atoms with Gasteiger partial charge in [0.2, 0.25) is 17.7 Å². The van der Waals surface area contributed by atoms with E-state index in [9.17, 15) is 19.2 Å². The Morgan fingerprint density at radius 2 is 2.06 bits per heavy atom. The molecule has 1 saturated heterocycles. The summed E-state index contributed by atoms with van der Waals surface area (Å²) in [5, 5.41) is 4.66. The predicted molar refractivity (Wildman–Crippen MR) is 55.6 cm³/mol. The smallest absolute Gasteiger partial charge is 0.330 e. The average Bonchev–Trinajstić information content (AvgIpc) is 3.02. The zero-order chi connectivity index (χ0) is 12.6. The SMILES string of the molecule is CC(=O)NCCN1C(=O)NC(=O)C2(CC2)C1=O. The summed E-state index contributed by atoms with van der Waals surface area (Å²) in [4.78, 5) is 46.5. The molecule has 0 aromatic rings. The molecular weight excluding hydrogens is 226 g/mol. The lowest BCUT2D eigenvalue weighted by molar-refractivity contribution is -0.144. The second-order valence-corrected chi connectivity index (χ2v) is 4.28. The lowest BCUT2D eigenvalue weighted by Crippen LogP contribution is -2.60. The van der Waals surface area contributed by atoms with E-state index >= 15 is 0 Å². The first-order chi connectivity index (χ1) is 7.97. The Morgan fingerprint density at radius 3 is 2.59 bits per heavy atom. The molecular formula is C10H13N3O4. The summed E-state index contributed by atoms with van der Waals surface area (Å²) in [5.74, 6) is -1.17. The molecule has 0 atom stereocenters. The van der Waals surface area contributed by atoms with Crippen LogP contribution < -0.4 is 10.6 Å². The Hall–Kier alpha value is -1.92. The molecule has 1 aliphatic carbocycles. The molecule has 1 aliphatic heterocycles. The van der Waals surface area contributed by atoms with Crippen molar-refractivity contribution in [1.29, 1.82) is 0 Å². The zero-order valence-electron chi connectivity index (χ0n) is 9.41. The van der Waals surface area contributed by atoms with Crippen LogP contribution in [0.3, 0.4) is 0 Å². The number of amides is 5. The van der Waals surface area contributed by atoms with Crippen molar-refractivity contribution >= 4 is 23.8 Å². The molecule has 2 aliphatic rings. The summed E-state index contributed by atoms with van der Waals surface area (Å²) < 4.78 is 0. The van der Waals surface area contributed by atoms with Crippen LogP contribution in [0.15, 0.2) is 0 Å². The highest BCUT2D eigenvalue weighted by Crippen LogP contribution is 2.48. The molecule has 2 rings (SSSR count). The molecule has 0 radical (unpaired) electrons. The van der Waals surface area contributed by atoms with Gasteiger partial charge in [0.15, 0.2) is 0 Å². The Morgan fingerprint density at radius 1 is 1.41 bits per heavy atom. The molecule has 0 bridgehead atoms. The van der Waals surface area contributed by atoms with Crippen LogP contribution in [-0.2, 0) is 14.4 Å². The first-order valence-electron chi connectivity index (χ1n) is 5.39. The van der Waals surface area contributed by atoms with Gasteiger partial charge in [-0.25, -0.2) is 4.79 Å². The predicted octanol–water partition coefficient (Wildman–Crippen LogP) is -1.02. The van der Waals surface area contributed by atoms with Gasteiger partial charge in [-0.2, -0.15) is 0 Å². The highest BCUT2D eigenvalue weighted by Gasteiger charge is 2.61. The summed E-state index contributed by atoms with van der Waals surface area (Å²) in [6.07, 6.45) is 0.975. The number of urea groups is 1. The third-order valence-electron chi connectivity index (χ3n) is 3.01. The maximum absolute atomic E-state index is 11.9. The summed E-state index contributed by atoms with van der Waals surface area (Å²) in [6, 6.07) is -0.706. The van der Waals surface area contributed by atoms with Gasteiger partial charge >= 0.3 is 6.03 Å². The van der Waals surface area contributed by atoms with Gasteiger partial charge in [0.05, 0.1) is 0 Å². The second-order valence-electron chi connectivity index (χ2n) is 4.28. The molecule has 1 spiro atoms.